The molecule has 1 saturated heterocycles. The van der Waals surface area contributed by atoms with Gasteiger partial charge in [0.05, 0.1) is 6.54 Å². The number of nitrogens with zero attached hydrogens (tertiary/aromatic N) is 6. The monoisotopic (exact) mass is 447 g/mol. The molecular formula is C25H33N7O. The van der Waals surface area contributed by atoms with E-state index in [9.17, 15) is 4.79 Å². The van der Waals surface area contributed by atoms with Gasteiger partial charge in [-0.1, -0.05) is 44.2 Å². The molecule has 1 amide bonds. The first-order valence-corrected chi connectivity index (χ1v) is 11.5. The first kappa shape index (κ1) is 22.9. The maximum Gasteiger partial charge on any atom is 0.235 e. The summed E-state index contributed by atoms with van der Waals surface area (Å²) in [5.41, 5.74) is 2.01. The molecule has 3 aromatic rings. The van der Waals surface area contributed by atoms with Crippen LogP contribution in [0.15, 0.2) is 48.8 Å². The summed E-state index contributed by atoms with van der Waals surface area (Å²) in [6.45, 7) is 9.90. The van der Waals surface area contributed by atoms with Gasteiger partial charge in [-0.25, -0.2) is 15.0 Å². The van der Waals surface area contributed by atoms with Crippen molar-refractivity contribution < 1.29 is 4.79 Å². The number of carbonyl (C=O) groups excluding carboxylic acids is 1. The SMILES string of the molecule is Cc1cc(N2CCN(CC(=O)N[C@H](c3ccccc3)c3nccn3C)CC2)nc(C(C)C)n1. The Hall–Kier alpha value is -3.26. The van der Waals surface area contributed by atoms with Gasteiger partial charge in [-0.05, 0) is 12.5 Å². The van der Waals surface area contributed by atoms with E-state index in [2.05, 4.69) is 38.9 Å². The summed E-state index contributed by atoms with van der Waals surface area (Å²) in [5.74, 6) is 2.98. The van der Waals surface area contributed by atoms with Crippen molar-refractivity contribution in [2.45, 2.75) is 32.7 Å². The van der Waals surface area contributed by atoms with Gasteiger partial charge >= 0.3 is 0 Å². The molecule has 0 saturated carbocycles. The zero-order chi connectivity index (χ0) is 23.4. The molecule has 8 nitrogen and oxygen atoms in total. The van der Waals surface area contributed by atoms with Crippen molar-refractivity contribution in [1.82, 2.24) is 29.7 Å². The van der Waals surface area contributed by atoms with Crippen LogP contribution >= 0.6 is 0 Å². The molecule has 0 aliphatic carbocycles. The van der Waals surface area contributed by atoms with Crippen LogP contribution in [0.2, 0.25) is 0 Å². The van der Waals surface area contributed by atoms with Gasteiger partial charge in [0.1, 0.15) is 23.5 Å². The number of anilines is 1. The van der Waals surface area contributed by atoms with E-state index in [4.69, 9.17) is 4.98 Å². The fourth-order valence-electron chi connectivity index (χ4n) is 4.14. The van der Waals surface area contributed by atoms with E-state index in [1.165, 1.54) is 0 Å². The second-order valence-electron chi connectivity index (χ2n) is 8.95. The summed E-state index contributed by atoms with van der Waals surface area (Å²) in [5, 5.41) is 3.20. The number of rotatable bonds is 7. The predicted octanol–water partition coefficient (Wildman–Crippen LogP) is 2.67. The molecule has 3 heterocycles. The number of hydrogen-bond donors (Lipinski definition) is 1. The molecular weight excluding hydrogens is 414 g/mol. The Labute approximate surface area is 195 Å². The molecule has 1 N–H and O–H groups in total. The van der Waals surface area contributed by atoms with Crippen LogP contribution in [0.25, 0.3) is 0 Å². The number of imidazole rings is 1. The van der Waals surface area contributed by atoms with E-state index in [1.807, 2.05) is 61.1 Å². The molecule has 1 aromatic carbocycles. The fourth-order valence-corrected chi connectivity index (χ4v) is 4.14. The lowest BCUT2D eigenvalue weighted by atomic mass is 10.1. The molecule has 2 aromatic heterocycles. The van der Waals surface area contributed by atoms with E-state index < -0.39 is 0 Å². The molecule has 1 fully saturated rings. The van der Waals surface area contributed by atoms with E-state index in [-0.39, 0.29) is 11.9 Å². The maximum atomic E-state index is 13.0. The van der Waals surface area contributed by atoms with Crippen molar-refractivity contribution in [3.63, 3.8) is 0 Å². The van der Waals surface area contributed by atoms with Crippen molar-refractivity contribution in [2.24, 2.45) is 7.05 Å². The lowest BCUT2D eigenvalue weighted by molar-refractivity contribution is -0.122. The Kier molecular flexibility index (Phi) is 7.03. The van der Waals surface area contributed by atoms with E-state index >= 15 is 0 Å². The average molecular weight is 448 g/mol. The highest BCUT2D eigenvalue weighted by Gasteiger charge is 2.24. The Bertz CT molecular complexity index is 1070. The van der Waals surface area contributed by atoms with E-state index in [1.54, 1.807) is 6.20 Å². The van der Waals surface area contributed by atoms with Crippen molar-refractivity contribution in [1.29, 1.82) is 0 Å². The normalized spacial score (nSPS) is 15.6. The highest BCUT2D eigenvalue weighted by atomic mass is 16.2. The quantitative estimate of drug-likeness (QED) is 0.600. The van der Waals surface area contributed by atoms with Gasteiger partial charge in [0.2, 0.25) is 5.91 Å². The summed E-state index contributed by atoms with van der Waals surface area (Å²) >= 11 is 0. The Balaban J connectivity index is 1.37. The van der Waals surface area contributed by atoms with Gasteiger partial charge in [0.25, 0.3) is 0 Å². The number of aromatic nitrogens is 4. The minimum absolute atomic E-state index is 0.000257. The molecule has 174 valence electrons. The largest absolute Gasteiger partial charge is 0.354 e. The predicted molar refractivity (Wildman–Crippen MR) is 129 cm³/mol. The van der Waals surface area contributed by atoms with Gasteiger partial charge in [-0.15, -0.1) is 0 Å². The van der Waals surface area contributed by atoms with Gasteiger partial charge < -0.3 is 14.8 Å². The Morgan fingerprint density at radius 1 is 1.09 bits per heavy atom. The number of piperazine rings is 1. The molecule has 0 unspecified atom stereocenters. The highest BCUT2D eigenvalue weighted by Crippen LogP contribution is 2.21. The number of amides is 1. The van der Waals surface area contributed by atoms with Gasteiger partial charge in [0.15, 0.2) is 0 Å². The lowest BCUT2D eigenvalue weighted by Gasteiger charge is -2.35. The summed E-state index contributed by atoms with van der Waals surface area (Å²) in [6.07, 6.45) is 3.66. The summed E-state index contributed by atoms with van der Waals surface area (Å²) in [6, 6.07) is 11.8. The standard InChI is InChI=1S/C25H33N7O/c1-18(2)24-27-19(3)16-21(28-24)32-14-12-31(13-15-32)17-22(33)29-23(20-8-6-5-7-9-20)25-26-10-11-30(25)4/h5-11,16,18,23H,12-15,17H2,1-4H3,(H,29,33)/t23-/m1/s1. The Morgan fingerprint density at radius 2 is 1.82 bits per heavy atom. The number of aryl methyl sites for hydroxylation is 2. The van der Waals surface area contributed by atoms with Crippen LogP contribution < -0.4 is 10.2 Å². The highest BCUT2D eigenvalue weighted by molar-refractivity contribution is 5.79. The molecule has 1 atom stereocenters. The Morgan fingerprint density at radius 3 is 2.45 bits per heavy atom. The van der Waals surface area contributed by atoms with Crippen LogP contribution in [0.4, 0.5) is 5.82 Å². The third kappa shape index (κ3) is 5.57. The number of hydrogen-bond acceptors (Lipinski definition) is 6. The second kappa shape index (κ2) is 10.1. The first-order valence-electron chi connectivity index (χ1n) is 11.5. The van der Waals surface area contributed by atoms with E-state index in [0.29, 0.717) is 12.5 Å². The third-order valence-corrected chi connectivity index (χ3v) is 5.99. The topological polar surface area (TPSA) is 79.2 Å². The smallest absolute Gasteiger partial charge is 0.235 e. The van der Waals surface area contributed by atoms with Crippen LogP contribution in [0.1, 0.15) is 48.7 Å². The number of benzene rings is 1. The van der Waals surface area contributed by atoms with Crippen LogP contribution in [0, 0.1) is 6.92 Å². The van der Waals surface area contributed by atoms with Gasteiger partial charge in [-0.3, -0.25) is 9.69 Å². The third-order valence-electron chi connectivity index (χ3n) is 5.99. The average Bonchev–Trinajstić information content (AvgIpc) is 3.23. The van der Waals surface area contributed by atoms with Crippen LogP contribution in [-0.4, -0.2) is 63.0 Å². The van der Waals surface area contributed by atoms with Crippen LogP contribution in [0.3, 0.4) is 0 Å². The van der Waals surface area contributed by atoms with Crippen LogP contribution in [0.5, 0.6) is 0 Å². The van der Waals surface area contributed by atoms with Crippen molar-refractivity contribution in [2.75, 3.05) is 37.6 Å². The molecule has 4 rings (SSSR count). The summed E-state index contributed by atoms with van der Waals surface area (Å²) in [4.78, 5) is 31.3. The molecule has 33 heavy (non-hydrogen) atoms. The van der Waals surface area contributed by atoms with Crippen molar-refractivity contribution in [3.05, 3.63) is 71.7 Å². The molecule has 0 spiro atoms. The number of nitrogens with one attached hydrogen (secondary N) is 1. The number of carbonyl (C=O) groups is 1. The second-order valence-corrected chi connectivity index (χ2v) is 8.95. The van der Waals surface area contributed by atoms with Gasteiger partial charge in [-0.2, -0.15) is 0 Å². The van der Waals surface area contributed by atoms with Crippen molar-refractivity contribution in [3.8, 4) is 0 Å². The van der Waals surface area contributed by atoms with Gasteiger partial charge in [0, 0.05) is 63.3 Å². The maximum absolute atomic E-state index is 13.0. The molecule has 0 bridgehead atoms. The zero-order valence-corrected chi connectivity index (χ0v) is 19.9. The minimum Gasteiger partial charge on any atom is -0.354 e. The molecule has 1 aliphatic rings. The lowest BCUT2D eigenvalue weighted by Crippen LogP contribution is -2.50. The fraction of sp³-hybridized carbons (Fsp3) is 0.440. The molecule has 0 radical (unpaired) electrons. The summed E-state index contributed by atoms with van der Waals surface area (Å²) in [7, 11) is 1.95. The van der Waals surface area contributed by atoms with E-state index in [0.717, 1.165) is 54.9 Å². The zero-order valence-electron chi connectivity index (χ0n) is 19.9. The molecule has 8 heteroatoms. The minimum atomic E-state index is -0.279. The molecule has 1 aliphatic heterocycles. The van der Waals surface area contributed by atoms with Crippen LogP contribution in [-0.2, 0) is 11.8 Å². The first-order chi connectivity index (χ1) is 15.9. The van der Waals surface area contributed by atoms with Crippen molar-refractivity contribution >= 4 is 11.7 Å². The summed E-state index contributed by atoms with van der Waals surface area (Å²) < 4.78 is 1.95.